The van der Waals surface area contributed by atoms with Crippen LogP contribution in [-0.4, -0.2) is 43.8 Å². The molecule has 1 N–H and O–H groups in total. The predicted molar refractivity (Wildman–Crippen MR) is 75.0 cm³/mol. The van der Waals surface area contributed by atoms with Crippen molar-refractivity contribution in [3.8, 4) is 0 Å². The maximum Gasteiger partial charge on any atom is 0.129 e. The molecule has 106 valence electrons. The van der Waals surface area contributed by atoms with Gasteiger partial charge in [-0.2, -0.15) is 0 Å². The van der Waals surface area contributed by atoms with Crippen LogP contribution in [0, 0.1) is 5.82 Å². The SMILES string of the molecule is CCNCC1COCCN1Cc1c(F)cccc1Cl. The highest BCUT2D eigenvalue weighted by molar-refractivity contribution is 6.31. The summed E-state index contributed by atoms with van der Waals surface area (Å²) in [5, 5.41) is 3.81. The molecule has 1 aromatic rings. The number of nitrogens with one attached hydrogen (secondary N) is 1. The lowest BCUT2D eigenvalue weighted by molar-refractivity contribution is -0.0111. The van der Waals surface area contributed by atoms with Crippen molar-refractivity contribution in [1.82, 2.24) is 10.2 Å². The third-order valence-electron chi connectivity index (χ3n) is 3.40. The van der Waals surface area contributed by atoms with Crippen LogP contribution < -0.4 is 5.32 Å². The third-order valence-corrected chi connectivity index (χ3v) is 3.76. The fourth-order valence-corrected chi connectivity index (χ4v) is 2.51. The van der Waals surface area contributed by atoms with E-state index in [0.717, 1.165) is 19.6 Å². The largest absolute Gasteiger partial charge is 0.378 e. The van der Waals surface area contributed by atoms with Gasteiger partial charge in [-0.05, 0) is 18.7 Å². The molecule has 1 aliphatic rings. The summed E-state index contributed by atoms with van der Waals surface area (Å²) >= 11 is 6.09. The summed E-state index contributed by atoms with van der Waals surface area (Å²) < 4.78 is 19.3. The molecule has 0 aromatic heterocycles. The Hall–Kier alpha value is -0.680. The fourth-order valence-electron chi connectivity index (χ4n) is 2.28. The molecule has 0 aliphatic carbocycles. The number of benzene rings is 1. The Bertz CT molecular complexity index is 396. The number of rotatable bonds is 5. The van der Waals surface area contributed by atoms with Crippen LogP contribution in [0.15, 0.2) is 18.2 Å². The van der Waals surface area contributed by atoms with Gasteiger partial charge in [-0.15, -0.1) is 0 Å². The van der Waals surface area contributed by atoms with Crippen molar-refractivity contribution in [3.05, 3.63) is 34.6 Å². The standard InChI is InChI=1S/C14H20ClFN2O/c1-2-17-8-11-10-19-7-6-18(11)9-12-13(15)4-3-5-14(12)16/h3-5,11,17H,2,6-10H2,1H3. The van der Waals surface area contributed by atoms with Gasteiger partial charge < -0.3 is 10.1 Å². The molecule has 0 amide bonds. The van der Waals surface area contributed by atoms with Crippen LogP contribution >= 0.6 is 11.6 Å². The minimum atomic E-state index is -0.235. The van der Waals surface area contributed by atoms with Crippen molar-refractivity contribution in [1.29, 1.82) is 0 Å². The first-order chi connectivity index (χ1) is 9.22. The number of ether oxygens (including phenoxy) is 1. The zero-order valence-corrected chi connectivity index (χ0v) is 11.9. The number of hydrogen-bond donors (Lipinski definition) is 1. The fraction of sp³-hybridized carbons (Fsp3) is 0.571. The van der Waals surface area contributed by atoms with Crippen LogP contribution in [0.1, 0.15) is 12.5 Å². The monoisotopic (exact) mass is 286 g/mol. The van der Waals surface area contributed by atoms with E-state index in [0.29, 0.717) is 30.3 Å². The van der Waals surface area contributed by atoms with E-state index in [-0.39, 0.29) is 11.9 Å². The molecule has 1 heterocycles. The highest BCUT2D eigenvalue weighted by Crippen LogP contribution is 2.22. The summed E-state index contributed by atoms with van der Waals surface area (Å²) in [5.74, 6) is -0.235. The molecule has 0 bridgehead atoms. The van der Waals surface area contributed by atoms with E-state index < -0.39 is 0 Å². The molecule has 1 unspecified atom stereocenters. The van der Waals surface area contributed by atoms with Gasteiger partial charge in [-0.1, -0.05) is 24.6 Å². The van der Waals surface area contributed by atoms with E-state index in [1.54, 1.807) is 12.1 Å². The smallest absolute Gasteiger partial charge is 0.129 e. The molecule has 0 spiro atoms. The van der Waals surface area contributed by atoms with Crippen molar-refractivity contribution in [2.75, 3.05) is 32.8 Å². The molecule has 0 saturated carbocycles. The van der Waals surface area contributed by atoms with Gasteiger partial charge in [0.2, 0.25) is 0 Å². The lowest BCUT2D eigenvalue weighted by Gasteiger charge is -2.36. The van der Waals surface area contributed by atoms with Crippen LogP contribution in [-0.2, 0) is 11.3 Å². The number of halogens is 2. The summed E-state index contributed by atoms with van der Waals surface area (Å²) in [6.07, 6.45) is 0. The topological polar surface area (TPSA) is 24.5 Å². The first-order valence-electron chi connectivity index (χ1n) is 6.67. The van der Waals surface area contributed by atoms with Crippen molar-refractivity contribution >= 4 is 11.6 Å². The minimum absolute atomic E-state index is 0.235. The second-order valence-electron chi connectivity index (χ2n) is 4.71. The van der Waals surface area contributed by atoms with Crippen molar-refractivity contribution in [2.45, 2.75) is 19.5 Å². The quantitative estimate of drug-likeness (QED) is 0.899. The molecule has 5 heteroatoms. The Morgan fingerprint density at radius 1 is 1.53 bits per heavy atom. The van der Waals surface area contributed by atoms with Gasteiger partial charge in [0.05, 0.1) is 13.2 Å². The molecular formula is C14H20ClFN2O. The summed E-state index contributed by atoms with van der Waals surface area (Å²) in [4.78, 5) is 2.23. The summed E-state index contributed by atoms with van der Waals surface area (Å²) in [6, 6.07) is 5.10. The molecule has 19 heavy (non-hydrogen) atoms. The second kappa shape index (κ2) is 7.20. The van der Waals surface area contributed by atoms with Crippen molar-refractivity contribution in [2.24, 2.45) is 0 Å². The zero-order valence-electron chi connectivity index (χ0n) is 11.2. The van der Waals surface area contributed by atoms with Crippen molar-refractivity contribution in [3.63, 3.8) is 0 Å². The Balaban J connectivity index is 2.06. The Kier molecular flexibility index (Phi) is 5.58. The number of likely N-dealkylation sites (N-methyl/N-ethyl adjacent to an activating group) is 1. The van der Waals surface area contributed by atoms with E-state index in [1.165, 1.54) is 6.07 Å². The van der Waals surface area contributed by atoms with Crippen LogP contribution in [0.4, 0.5) is 4.39 Å². The van der Waals surface area contributed by atoms with Gasteiger partial charge in [0.15, 0.2) is 0 Å². The Labute approximate surface area is 118 Å². The van der Waals surface area contributed by atoms with Crippen LogP contribution in [0.25, 0.3) is 0 Å². The third kappa shape index (κ3) is 3.89. The first kappa shape index (κ1) is 14.7. The number of hydrogen-bond acceptors (Lipinski definition) is 3. The summed E-state index contributed by atoms with van der Waals surface area (Å²) in [7, 11) is 0. The van der Waals surface area contributed by atoms with Crippen LogP contribution in [0.3, 0.4) is 0 Å². The molecule has 3 nitrogen and oxygen atoms in total. The molecular weight excluding hydrogens is 267 g/mol. The summed E-state index contributed by atoms with van der Waals surface area (Å²) in [5.41, 5.74) is 0.576. The molecule has 1 aromatic carbocycles. The van der Waals surface area contributed by atoms with Crippen LogP contribution in [0.2, 0.25) is 5.02 Å². The average molecular weight is 287 g/mol. The van der Waals surface area contributed by atoms with E-state index in [2.05, 4.69) is 17.1 Å². The van der Waals surface area contributed by atoms with E-state index in [1.807, 2.05) is 0 Å². The van der Waals surface area contributed by atoms with Gasteiger partial charge in [-0.25, -0.2) is 4.39 Å². The van der Waals surface area contributed by atoms with E-state index in [9.17, 15) is 4.39 Å². The highest BCUT2D eigenvalue weighted by atomic mass is 35.5. The predicted octanol–water partition coefficient (Wildman–Crippen LogP) is 2.29. The number of morpholine rings is 1. The van der Waals surface area contributed by atoms with Gasteiger partial charge in [0.25, 0.3) is 0 Å². The number of nitrogens with zero attached hydrogens (tertiary/aromatic N) is 1. The van der Waals surface area contributed by atoms with E-state index >= 15 is 0 Å². The molecule has 0 radical (unpaired) electrons. The first-order valence-corrected chi connectivity index (χ1v) is 7.05. The maximum atomic E-state index is 13.8. The molecule has 2 rings (SSSR count). The van der Waals surface area contributed by atoms with Crippen molar-refractivity contribution < 1.29 is 9.13 Å². The maximum absolute atomic E-state index is 13.8. The van der Waals surface area contributed by atoms with Gasteiger partial charge in [-0.3, -0.25) is 4.90 Å². The molecule has 1 aliphatic heterocycles. The van der Waals surface area contributed by atoms with Crippen LogP contribution in [0.5, 0.6) is 0 Å². The van der Waals surface area contributed by atoms with Gasteiger partial charge in [0.1, 0.15) is 5.82 Å². The van der Waals surface area contributed by atoms with E-state index in [4.69, 9.17) is 16.3 Å². The minimum Gasteiger partial charge on any atom is -0.378 e. The summed E-state index contributed by atoms with van der Waals surface area (Å²) in [6.45, 7) is 6.55. The average Bonchev–Trinajstić information content (AvgIpc) is 2.42. The Morgan fingerprint density at radius 2 is 2.37 bits per heavy atom. The second-order valence-corrected chi connectivity index (χ2v) is 5.11. The molecule has 1 atom stereocenters. The van der Waals surface area contributed by atoms with Gasteiger partial charge in [0, 0.05) is 36.3 Å². The Morgan fingerprint density at radius 3 is 3.11 bits per heavy atom. The van der Waals surface area contributed by atoms with Gasteiger partial charge >= 0.3 is 0 Å². The molecule has 1 fully saturated rings. The lowest BCUT2D eigenvalue weighted by Crippen LogP contribution is -2.49. The lowest BCUT2D eigenvalue weighted by atomic mass is 10.1. The molecule has 1 saturated heterocycles. The highest BCUT2D eigenvalue weighted by Gasteiger charge is 2.24. The normalized spacial score (nSPS) is 20.7. The zero-order chi connectivity index (χ0) is 13.7.